The van der Waals surface area contributed by atoms with Gasteiger partial charge < -0.3 is 25.0 Å². The summed E-state index contributed by atoms with van der Waals surface area (Å²) in [6, 6.07) is 8.65. The van der Waals surface area contributed by atoms with Gasteiger partial charge in [0.2, 0.25) is 6.79 Å². The smallest absolute Gasteiger partial charge is 0.321 e. The van der Waals surface area contributed by atoms with Crippen LogP contribution >= 0.6 is 0 Å². The second-order valence-electron chi connectivity index (χ2n) is 6.90. The Labute approximate surface area is 162 Å². The Bertz CT molecular complexity index is 859. The highest BCUT2D eigenvalue weighted by Gasteiger charge is 2.24. The Kier molecular flexibility index (Phi) is 5.27. The van der Waals surface area contributed by atoms with E-state index >= 15 is 0 Å². The second-order valence-corrected chi connectivity index (χ2v) is 6.90. The van der Waals surface area contributed by atoms with E-state index in [1.54, 1.807) is 47.6 Å². The number of piperidine rings is 1. The predicted molar refractivity (Wildman–Crippen MR) is 102 cm³/mol. The molecule has 0 spiro atoms. The zero-order valence-corrected chi connectivity index (χ0v) is 15.4. The highest BCUT2D eigenvalue weighted by atomic mass is 16.7. The number of ether oxygens (including phenoxy) is 2. The number of likely N-dealkylation sites (tertiary alicyclic amines) is 1. The summed E-state index contributed by atoms with van der Waals surface area (Å²) < 4.78 is 10.6. The van der Waals surface area contributed by atoms with Gasteiger partial charge in [0, 0.05) is 43.8 Å². The summed E-state index contributed by atoms with van der Waals surface area (Å²) >= 11 is 0. The topological polar surface area (TPSA) is 92.8 Å². The van der Waals surface area contributed by atoms with Crippen LogP contribution in [0, 0.1) is 5.92 Å². The maximum absolute atomic E-state index is 12.6. The third kappa shape index (κ3) is 4.16. The predicted octanol–water partition coefficient (Wildman–Crippen LogP) is 2.48. The van der Waals surface area contributed by atoms with E-state index < -0.39 is 0 Å². The Morgan fingerprint density at radius 3 is 2.96 bits per heavy atom. The summed E-state index contributed by atoms with van der Waals surface area (Å²) in [5, 5.41) is 5.85. The molecule has 0 aliphatic carbocycles. The fourth-order valence-corrected chi connectivity index (χ4v) is 3.43. The molecular formula is C20H22N4O4. The molecule has 1 aromatic carbocycles. The van der Waals surface area contributed by atoms with Gasteiger partial charge in [-0.25, -0.2) is 4.79 Å². The number of hydrogen-bond acceptors (Lipinski definition) is 5. The minimum absolute atomic E-state index is 0.143. The van der Waals surface area contributed by atoms with Crippen molar-refractivity contribution >= 4 is 17.6 Å². The van der Waals surface area contributed by atoms with Gasteiger partial charge >= 0.3 is 6.03 Å². The quantitative estimate of drug-likeness (QED) is 0.848. The SMILES string of the molecule is O=C(NC[C@@H]1CCCN(C(=O)Nc2ccc3c(c2)OCO3)C1)c1cccnc1. The van der Waals surface area contributed by atoms with Crippen LogP contribution in [0.25, 0.3) is 0 Å². The van der Waals surface area contributed by atoms with Crippen molar-refractivity contribution in [2.24, 2.45) is 5.92 Å². The van der Waals surface area contributed by atoms with Crippen molar-refractivity contribution < 1.29 is 19.1 Å². The van der Waals surface area contributed by atoms with E-state index in [0.29, 0.717) is 42.4 Å². The van der Waals surface area contributed by atoms with Crippen LogP contribution in [0.4, 0.5) is 10.5 Å². The fraction of sp³-hybridized carbons (Fsp3) is 0.350. The lowest BCUT2D eigenvalue weighted by molar-refractivity contribution is 0.0938. The van der Waals surface area contributed by atoms with Gasteiger partial charge in [-0.2, -0.15) is 0 Å². The number of anilines is 1. The van der Waals surface area contributed by atoms with E-state index in [1.165, 1.54) is 0 Å². The molecule has 3 heterocycles. The molecule has 2 N–H and O–H groups in total. The minimum atomic E-state index is -0.151. The molecule has 8 heteroatoms. The molecule has 2 aliphatic rings. The van der Waals surface area contributed by atoms with E-state index in [2.05, 4.69) is 15.6 Å². The molecule has 0 bridgehead atoms. The molecule has 3 amide bonds. The number of nitrogens with zero attached hydrogens (tertiary/aromatic N) is 2. The van der Waals surface area contributed by atoms with Crippen LogP contribution in [0.1, 0.15) is 23.2 Å². The van der Waals surface area contributed by atoms with Crippen LogP contribution in [0.3, 0.4) is 0 Å². The number of carbonyl (C=O) groups excluding carboxylic acids is 2. The largest absolute Gasteiger partial charge is 0.454 e. The maximum Gasteiger partial charge on any atom is 0.321 e. The molecule has 146 valence electrons. The number of amides is 3. The highest BCUT2D eigenvalue weighted by Crippen LogP contribution is 2.34. The lowest BCUT2D eigenvalue weighted by Crippen LogP contribution is -2.45. The molecule has 0 saturated carbocycles. The Balaban J connectivity index is 1.29. The molecule has 0 radical (unpaired) electrons. The van der Waals surface area contributed by atoms with E-state index in [9.17, 15) is 9.59 Å². The molecule has 8 nitrogen and oxygen atoms in total. The molecule has 1 saturated heterocycles. The lowest BCUT2D eigenvalue weighted by Gasteiger charge is -2.32. The van der Waals surface area contributed by atoms with E-state index in [1.807, 2.05) is 0 Å². The van der Waals surface area contributed by atoms with E-state index in [-0.39, 0.29) is 24.6 Å². The van der Waals surface area contributed by atoms with Gasteiger partial charge in [-0.15, -0.1) is 0 Å². The molecule has 1 fully saturated rings. The zero-order chi connectivity index (χ0) is 19.3. The lowest BCUT2D eigenvalue weighted by atomic mass is 9.98. The normalized spacial score (nSPS) is 17.9. The van der Waals surface area contributed by atoms with Crippen LogP contribution in [0.5, 0.6) is 11.5 Å². The first-order chi connectivity index (χ1) is 13.7. The van der Waals surface area contributed by atoms with Gasteiger partial charge in [-0.1, -0.05) is 0 Å². The highest BCUT2D eigenvalue weighted by molar-refractivity contribution is 5.93. The monoisotopic (exact) mass is 382 g/mol. The van der Waals surface area contributed by atoms with Gasteiger partial charge in [0.1, 0.15) is 0 Å². The summed E-state index contributed by atoms with van der Waals surface area (Å²) in [4.78, 5) is 30.5. The molecule has 4 rings (SSSR count). The Morgan fingerprint density at radius 1 is 1.21 bits per heavy atom. The number of nitrogens with one attached hydrogen (secondary N) is 2. The van der Waals surface area contributed by atoms with E-state index in [4.69, 9.17) is 9.47 Å². The average molecular weight is 382 g/mol. The minimum Gasteiger partial charge on any atom is -0.454 e. The van der Waals surface area contributed by atoms with Crippen LogP contribution in [0.2, 0.25) is 0 Å². The maximum atomic E-state index is 12.6. The van der Waals surface area contributed by atoms with Crippen molar-refractivity contribution in [1.82, 2.24) is 15.2 Å². The summed E-state index contributed by atoms with van der Waals surface area (Å²) in [5.41, 5.74) is 1.21. The van der Waals surface area contributed by atoms with Crippen LogP contribution < -0.4 is 20.1 Å². The first-order valence-corrected chi connectivity index (χ1v) is 9.33. The number of carbonyl (C=O) groups is 2. The van der Waals surface area contributed by atoms with Gasteiger partial charge in [0.05, 0.1) is 5.56 Å². The first kappa shape index (κ1) is 18.1. The van der Waals surface area contributed by atoms with Crippen molar-refractivity contribution in [2.45, 2.75) is 12.8 Å². The standard InChI is InChI=1S/C20H22N4O4/c25-19(15-4-1-7-21-11-15)22-10-14-3-2-8-24(12-14)20(26)23-16-5-6-17-18(9-16)28-13-27-17/h1,4-7,9,11,14H,2-3,8,10,12-13H2,(H,22,25)(H,23,26)/t14-/m0/s1. The number of pyridine rings is 1. The number of hydrogen-bond donors (Lipinski definition) is 2. The van der Waals surface area contributed by atoms with Crippen LogP contribution in [-0.2, 0) is 0 Å². The summed E-state index contributed by atoms with van der Waals surface area (Å²) in [7, 11) is 0. The van der Waals surface area contributed by atoms with Gasteiger partial charge in [0.15, 0.2) is 11.5 Å². The number of urea groups is 1. The van der Waals surface area contributed by atoms with Gasteiger partial charge in [0.25, 0.3) is 5.91 Å². The van der Waals surface area contributed by atoms with Crippen molar-refractivity contribution in [3.8, 4) is 11.5 Å². The molecule has 28 heavy (non-hydrogen) atoms. The van der Waals surface area contributed by atoms with Crippen molar-refractivity contribution in [3.05, 3.63) is 48.3 Å². The second kappa shape index (κ2) is 8.16. The summed E-state index contributed by atoms with van der Waals surface area (Å²) in [6.45, 7) is 2.03. The number of benzene rings is 1. The fourth-order valence-electron chi connectivity index (χ4n) is 3.43. The van der Waals surface area contributed by atoms with Crippen molar-refractivity contribution in [1.29, 1.82) is 0 Å². The molecular weight excluding hydrogens is 360 g/mol. The third-order valence-electron chi connectivity index (χ3n) is 4.91. The molecule has 2 aromatic rings. The molecule has 2 aliphatic heterocycles. The van der Waals surface area contributed by atoms with Gasteiger partial charge in [-0.3, -0.25) is 9.78 Å². The molecule has 1 aromatic heterocycles. The average Bonchev–Trinajstić information content (AvgIpc) is 3.21. The van der Waals surface area contributed by atoms with E-state index in [0.717, 1.165) is 12.8 Å². The summed E-state index contributed by atoms with van der Waals surface area (Å²) in [5.74, 6) is 1.39. The third-order valence-corrected chi connectivity index (χ3v) is 4.91. The first-order valence-electron chi connectivity index (χ1n) is 9.33. The summed E-state index contributed by atoms with van der Waals surface area (Å²) in [6.07, 6.45) is 5.05. The van der Waals surface area contributed by atoms with Crippen LogP contribution in [-0.4, -0.2) is 48.2 Å². The Hall–Kier alpha value is -3.29. The van der Waals surface area contributed by atoms with Crippen LogP contribution in [0.15, 0.2) is 42.7 Å². The molecule has 0 unspecified atom stereocenters. The number of rotatable bonds is 4. The Morgan fingerprint density at radius 2 is 2.11 bits per heavy atom. The van der Waals surface area contributed by atoms with Crippen molar-refractivity contribution in [2.75, 3.05) is 31.7 Å². The molecule has 1 atom stereocenters. The number of fused-ring (bicyclic) bond motifs is 1. The number of aromatic nitrogens is 1. The zero-order valence-electron chi connectivity index (χ0n) is 15.4. The van der Waals surface area contributed by atoms with Gasteiger partial charge in [-0.05, 0) is 43.0 Å². The van der Waals surface area contributed by atoms with Crippen molar-refractivity contribution in [3.63, 3.8) is 0 Å².